The molecule has 0 N–H and O–H groups in total. The molecular formula is C15H28BrNO3. The highest BCUT2D eigenvalue weighted by atomic mass is 79.9. The predicted molar refractivity (Wildman–Crippen MR) is 84.4 cm³/mol. The van der Waals surface area contributed by atoms with Crippen LogP contribution in [0.1, 0.15) is 53.9 Å². The second-order valence-corrected chi connectivity index (χ2v) is 7.22. The van der Waals surface area contributed by atoms with Gasteiger partial charge in [-0.3, -0.25) is 0 Å². The lowest BCUT2D eigenvalue weighted by molar-refractivity contribution is -0.107. The summed E-state index contributed by atoms with van der Waals surface area (Å²) in [5.74, 6) is 0. The first kappa shape index (κ1) is 17.8. The number of alkyl halides is 1. The Morgan fingerprint density at radius 1 is 1.45 bits per heavy atom. The lowest BCUT2D eigenvalue weighted by Crippen LogP contribution is -2.54. The Hall–Kier alpha value is -0.290. The molecule has 2 unspecified atom stereocenters. The summed E-state index contributed by atoms with van der Waals surface area (Å²) in [5.41, 5.74) is -0.742. The van der Waals surface area contributed by atoms with Crippen molar-refractivity contribution in [3.8, 4) is 0 Å². The molecule has 4 nitrogen and oxygen atoms in total. The molecule has 1 heterocycles. The Morgan fingerprint density at radius 2 is 2.10 bits per heavy atom. The summed E-state index contributed by atoms with van der Waals surface area (Å²) in [6.45, 7) is 11.2. The molecule has 1 fully saturated rings. The summed E-state index contributed by atoms with van der Waals surface area (Å²) in [4.78, 5) is 14.0. The third-order valence-electron chi connectivity index (χ3n) is 3.46. The molecule has 1 aliphatic rings. The number of likely N-dealkylation sites (tertiary alicyclic amines) is 1. The van der Waals surface area contributed by atoms with Crippen molar-refractivity contribution in [1.82, 2.24) is 4.90 Å². The van der Waals surface area contributed by atoms with Crippen molar-refractivity contribution in [2.45, 2.75) is 71.2 Å². The van der Waals surface area contributed by atoms with Crippen molar-refractivity contribution >= 4 is 22.0 Å². The van der Waals surface area contributed by atoms with Crippen LogP contribution in [0.2, 0.25) is 0 Å². The quantitative estimate of drug-likeness (QED) is 0.721. The SMILES string of the molecule is CCC(C)OC1(CBr)CCCN(C(=O)OC(C)(C)C)C1. The second-order valence-electron chi connectivity index (χ2n) is 6.66. The highest BCUT2D eigenvalue weighted by molar-refractivity contribution is 9.09. The topological polar surface area (TPSA) is 38.8 Å². The molecular weight excluding hydrogens is 322 g/mol. The van der Waals surface area contributed by atoms with Crippen LogP contribution in [0.3, 0.4) is 0 Å². The lowest BCUT2D eigenvalue weighted by atomic mass is 9.94. The Labute approximate surface area is 131 Å². The van der Waals surface area contributed by atoms with E-state index in [-0.39, 0.29) is 17.8 Å². The molecule has 0 radical (unpaired) electrons. The van der Waals surface area contributed by atoms with Crippen LogP contribution in [0.5, 0.6) is 0 Å². The van der Waals surface area contributed by atoms with Crippen molar-refractivity contribution in [3.63, 3.8) is 0 Å². The van der Waals surface area contributed by atoms with E-state index in [2.05, 4.69) is 29.8 Å². The van der Waals surface area contributed by atoms with E-state index in [9.17, 15) is 4.79 Å². The molecule has 0 bridgehead atoms. The number of carbonyl (C=O) groups is 1. The van der Waals surface area contributed by atoms with Gasteiger partial charge >= 0.3 is 6.09 Å². The van der Waals surface area contributed by atoms with Crippen LogP contribution in [0.25, 0.3) is 0 Å². The number of hydrogen-bond donors (Lipinski definition) is 0. The molecule has 0 aromatic carbocycles. The molecule has 118 valence electrons. The van der Waals surface area contributed by atoms with Crippen LogP contribution >= 0.6 is 15.9 Å². The molecule has 5 heteroatoms. The molecule has 2 atom stereocenters. The predicted octanol–water partition coefficient (Wildman–Crippen LogP) is 3.97. The number of halogens is 1. The maximum Gasteiger partial charge on any atom is 0.410 e. The Kier molecular flexibility index (Phi) is 6.32. The Morgan fingerprint density at radius 3 is 2.60 bits per heavy atom. The largest absolute Gasteiger partial charge is 0.444 e. The van der Waals surface area contributed by atoms with Gasteiger partial charge in [0, 0.05) is 11.9 Å². The maximum absolute atomic E-state index is 12.2. The van der Waals surface area contributed by atoms with Gasteiger partial charge in [0.1, 0.15) is 5.60 Å². The number of piperidine rings is 1. The van der Waals surface area contributed by atoms with Gasteiger partial charge < -0.3 is 14.4 Å². The van der Waals surface area contributed by atoms with Crippen LogP contribution in [-0.4, -0.2) is 46.7 Å². The summed E-state index contributed by atoms with van der Waals surface area (Å²) < 4.78 is 11.7. The van der Waals surface area contributed by atoms with E-state index in [4.69, 9.17) is 9.47 Å². The van der Waals surface area contributed by atoms with E-state index < -0.39 is 5.60 Å². The van der Waals surface area contributed by atoms with Gasteiger partial charge in [-0.15, -0.1) is 0 Å². The Balaban J connectivity index is 2.70. The van der Waals surface area contributed by atoms with E-state index in [0.29, 0.717) is 6.54 Å². The van der Waals surface area contributed by atoms with Crippen molar-refractivity contribution in [2.75, 3.05) is 18.4 Å². The molecule has 0 saturated carbocycles. The van der Waals surface area contributed by atoms with Crippen LogP contribution in [-0.2, 0) is 9.47 Å². The average Bonchev–Trinajstić information content (AvgIpc) is 2.37. The molecule has 0 aromatic rings. The number of hydrogen-bond acceptors (Lipinski definition) is 3. The average molecular weight is 350 g/mol. The van der Waals surface area contributed by atoms with E-state index in [1.807, 2.05) is 20.8 Å². The molecule has 0 aliphatic carbocycles. The summed E-state index contributed by atoms with van der Waals surface area (Å²) in [6.07, 6.45) is 2.85. The number of nitrogens with zero attached hydrogens (tertiary/aromatic N) is 1. The van der Waals surface area contributed by atoms with Gasteiger partial charge in [0.25, 0.3) is 0 Å². The zero-order valence-corrected chi connectivity index (χ0v) is 15.0. The van der Waals surface area contributed by atoms with Gasteiger partial charge in [-0.2, -0.15) is 0 Å². The number of carbonyl (C=O) groups excluding carboxylic acids is 1. The van der Waals surface area contributed by atoms with Crippen LogP contribution in [0, 0.1) is 0 Å². The van der Waals surface area contributed by atoms with E-state index in [0.717, 1.165) is 31.1 Å². The highest BCUT2D eigenvalue weighted by Gasteiger charge is 2.39. The molecule has 0 aromatic heterocycles. The minimum atomic E-state index is -0.455. The first-order chi connectivity index (χ1) is 9.21. The summed E-state index contributed by atoms with van der Waals surface area (Å²) in [5, 5.41) is 0.740. The third-order valence-corrected chi connectivity index (χ3v) is 4.48. The highest BCUT2D eigenvalue weighted by Crippen LogP contribution is 2.30. The molecule has 1 rings (SSSR count). The number of rotatable bonds is 4. The molecule has 1 amide bonds. The normalized spacial score (nSPS) is 25.4. The minimum Gasteiger partial charge on any atom is -0.444 e. The van der Waals surface area contributed by atoms with Gasteiger partial charge in [0.2, 0.25) is 0 Å². The third kappa shape index (κ3) is 5.24. The van der Waals surface area contributed by atoms with Gasteiger partial charge in [-0.1, -0.05) is 22.9 Å². The van der Waals surface area contributed by atoms with Gasteiger partial charge in [-0.05, 0) is 47.0 Å². The van der Waals surface area contributed by atoms with Crippen LogP contribution in [0.15, 0.2) is 0 Å². The van der Waals surface area contributed by atoms with Crippen molar-refractivity contribution < 1.29 is 14.3 Å². The number of ether oxygens (including phenoxy) is 2. The smallest absolute Gasteiger partial charge is 0.410 e. The van der Waals surface area contributed by atoms with Crippen LogP contribution < -0.4 is 0 Å². The zero-order chi connectivity index (χ0) is 15.4. The van der Waals surface area contributed by atoms with Crippen molar-refractivity contribution in [3.05, 3.63) is 0 Å². The summed E-state index contributed by atoms with van der Waals surface area (Å²) >= 11 is 3.56. The molecule has 20 heavy (non-hydrogen) atoms. The lowest BCUT2D eigenvalue weighted by Gasteiger charge is -2.43. The standard InChI is InChI=1S/C15H28BrNO3/c1-6-12(2)19-15(10-16)8-7-9-17(11-15)13(18)20-14(3,4)5/h12H,6-11H2,1-5H3. The maximum atomic E-state index is 12.2. The van der Waals surface area contributed by atoms with Crippen molar-refractivity contribution in [1.29, 1.82) is 0 Å². The molecule has 0 spiro atoms. The van der Waals surface area contributed by atoms with Crippen LogP contribution in [0.4, 0.5) is 4.79 Å². The van der Waals surface area contributed by atoms with E-state index in [1.165, 1.54) is 0 Å². The first-order valence-electron chi connectivity index (χ1n) is 7.43. The van der Waals surface area contributed by atoms with Gasteiger partial charge in [-0.25, -0.2) is 4.79 Å². The van der Waals surface area contributed by atoms with Gasteiger partial charge in [0.05, 0.1) is 18.2 Å². The van der Waals surface area contributed by atoms with Gasteiger partial charge in [0.15, 0.2) is 0 Å². The second kappa shape index (κ2) is 7.12. The fourth-order valence-corrected chi connectivity index (χ4v) is 2.92. The molecule has 1 aliphatic heterocycles. The first-order valence-corrected chi connectivity index (χ1v) is 8.55. The summed E-state index contributed by atoms with van der Waals surface area (Å²) in [6, 6.07) is 0. The minimum absolute atomic E-state index is 0.200. The zero-order valence-electron chi connectivity index (χ0n) is 13.4. The number of amides is 1. The Bertz CT molecular complexity index is 330. The fraction of sp³-hybridized carbons (Fsp3) is 0.933. The summed E-state index contributed by atoms with van der Waals surface area (Å²) in [7, 11) is 0. The van der Waals surface area contributed by atoms with E-state index in [1.54, 1.807) is 4.90 Å². The monoisotopic (exact) mass is 349 g/mol. The van der Waals surface area contributed by atoms with Crippen molar-refractivity contribution in [2.24, 2.45) is 0 Å². The van der Waals surface area contributed by atoms with E-state index >= 15 is 0 Å². The fourth-order valence-electron chi connectivity index (χ4n) is 2.33. The molecule has 1 saturated heterocycles.